The molecule has 1 heterocycles. The van der Waals surface area contributed by atoms with E-state index in [9.17, 15) is 10.2 Å². The minimum absolute atomic E-state index is 0.103. The number of fused-ring (bicyclic) bond motifs is 1. The monoisotopic (exact) mass is 285 g/mol. The molecule has 21 heavy (non-hydrogen) atoms. The number of imidazole rings is 1. The average Bonchev–Trinajstić information content (AvgIpc) is 2.95. The van der Waals surface area contributed by atoms with Gasteiger partial charge >= 0.3 is 0 Å². The Bertz CT molecular complexity index is 783. The molecule has 0 atom stereocenters. The number of aromatic hydroxyl groups is 2. The fraction of sp³-hybridized carbons (Fsp3) is 0.133. The molecule has 6 heteroatoms. The molecule has 0 aliphatic carbocycles. The molecule has 0 aliphatic heterocycles. The van der Waals surface area contributed by atoms with Gasteiger partial charge in [0, 0.05) is 23.9 Å². The first-order chi connectivity index (χ1) is 10.2. The molecule has 0 bridgehead atoms. The van der Waals surface area contributed by atoms with Crippen molar-refractivity contribution in [1.29, 1.82) is 0 Å². The van der Waals surface area contributed by atoms with Crippen LogP contribution >= 0.6 is 0 Å². The van der Waals surface area contributed by atoms with E-state index in [1.807, 2.05) is 12.1 Å². The number of aromatic nitrogens is 2. The van der Waals surface area contributed by atoms with Crippen molar-refractivity contribution < 1.29 is 14.9 Å². The maximum atomic E-state index is 10.0. The van der Waals surface area contributed by atoms with Gasteiger partial charge in [-0.1, -0.05) is 12.1 Å². The predicted molar refractivity (Wildman–Crippen MR) is 79.7 cm³/mol. The van der Waals surface area contributed by atoms with Crippen LogP contribution in [-0.2, 0) is 6.54 Å². The zero-order chi connectivity index (χ0) is 14.8. The first-order valence-electron chi connectivity index (χ1n) is 6.44. The number of benzene rings is 2. The molecule has 0 spiro atoms. The van der Waals surface area contributed by atoms with Crippen LogP contribution in [0.4, 0.5) is 5.69 Å². The molecular weight excluding hydrogens is 270 g/mol. The maximum Gasteiger partial charge on any atom is 0.162 e. The summed E-state index contributed by atoms with van der Waals surface area (Å²) in [5, 5.41) is 23.1. The van der Waals surface area contributed by atoms with Crippen molar-refractivity contribution >= 4 is 16.7 Å². The molecular formula is C15H15N3O3. The number of anilines is 1. The van der Waals surface area contributed by atoms with Crippen molar-refractivity contribution in [3.05, 3.63) is 42.2 Å². The standard InChI is InChI=1S/C15H15N3O3/c1-21-13-4-2-3-9(15(13)20)7-16-10-5-11-14(12(19)6-10)18-8-17-11/h2-6,8,16,19-20H,7H2,1H3,(H,17,18). The van der Waals surface area contributed by atoms with Crippen LogP contribution < -0.4 is 10.1 Å². The Labute approximate surface area is 121 Å². The molecule has 4 N–H and O–H groups in total. The summed E-state index contributed by atoms with van der Waals surface area (Å²) in [5.41, 5.74) is 2.71. The second-order valence-corrected chi connectivity index (χ2v) is 4.62. The number of phenolic OH excluding ortho intramolecular Hbond substituents is 2. The Morgan fingerprint density at radius 2 is 2.14 bits per heavy atom. The van der Waals surface area contributed by atoms with Gasteiger partial charge in [0.2, 0.25) is 0 Å². The van der Waals surface area contributed by atoms with Crippen molar-refractivity contribution in [2.24, 2.45) is 0 Å². The van der Waals surface area contributed by atoms with E-state index in [0.29, 0.717) is 23.4 Å². The number of phenols is 2. The average molecular weight is 285 g/mol. The lowest BCUT2D eigenvalue weighted by atomic mass is 10.1. The van der Waals surface area contributed by atoms with Crippen LogP contribution in [0.3, 0.4) is 0 Å². The van der Waals surface area contributed by atoms with Crippen LogP contribution in [0.2, 0.25) is 0 Å². The molecule has 108 valence electrons. The highest BCUT2D eigenvalue weighted by atomic mass is 16.5. The third-order valence-electron chi connectivity index (χ3n) is 3.29. The molecule has 0 saturated carbocycles. The smallest absolute Gasteiger partial charge is 0.162 e. The number of nitrogens with zero attached hydrogens (tertiary/aromatic N) is 1. The predicted octanol–water partition coefficient (Wildman–Crippen LogP) is 2.59. The minimum atomic E-state index is 0.103. The van der Waals surface area contributed by atoms with Crippen molar-refractivity contribution in [2.75, 3.05) is 12.4 Å². The SMILES string of the molecule is COc1cccc(CNc2cc(O)c3nc[nH]c3c2)c1O. The highest BCUT2D eigenvalue weighted by molar-refractivity contribution is 5.85. The number of nitrogens with one attached hydrogen (secondary N) is 2. The molecule has 2 aromatic carbocycles. The molecule has 0 saturated heterocycles. The van der Waals surface area contributed by atoms with E-state index in [2.05, 4.69) is 15.3 Å². The minimum Gasteiger partial charge on any atom is -0.506 e. The normalized spacial score (nSPS) is 10.7. The Balaban J connectivity index is 1.83. The summed E-state index contributed by atoms with van der Waals surface area (Å²) in [4.78, 5) is 6.97. The quantitative estimate of drug-likeness (QED) is 0.591. The lowest BCUT2D eigenvalue weighted by molar-refractivity contribution is 0.371. The topological polar surface area (TPSA) is 90.4 Å². The van der Waals surface area contributed by atoms with Crippen LogP contribution in [0.5, 0.6) is 17.2 Å². The molecule has 0 fully saturated rings. The number of para-hydroxylation sites is 1. The number of methoxy groups -OCH3 is 1. The summed E-state index contributed by atoms with van der Waals surface area (Å²) in [5.74, 6) is 0.645. The molecule has 1 aromatic heterocycles. The number of ether oxygens (including phenoxy) is 1. The van der Waals surface area contributed by atoms with Gasteiger partial charge in [0.1, 0.15) is 11.3 Å². The van der Waals surface area contributed by atoms with E-state index < -0.39 is 0 Å². The molecule has 3 aromatic rings. The van der Waals surface area contributed by atoms with Gasteiger partial charge in [-0.2, -0.15) is 0 Å². The zero-order valence-electron chi connectivity index (χ0n) is 11.4. The lowest BCUT2D eigenvalue weighted by Crippen LogP contribution is -2.00. The van der Waals surface area contributed by atoms with E-state index in [1.54, 1.807) is 18.2 Å². The van der Waals surface area contributed by atoms with Crippen LogP contribution in [0.15, 0.2) is 36.7 Å². The van der Waals surface area contributed by atoms with Gasteiger partial charge in [0.15, 0.2) is 11.5 Å². The van der Waals surface area contributed by atoms with Crippen LogP contribution in [0.1, 0.15) is 5.56 Å². The van der Waals surface area contributed by atoms with E-state index in [-0.39, 0.29) is 11.5 Å². The van der Waals surface area contributed by atoms with Crippen LogP contribution in [0, 0.1) is 0 Å². The summed E-state index contributed by atoms with van der Waals surface area (Å²) < 4.78 is 5.07. The fourth-order valence-electron chi connectivity index (χ4n) is 2.21. The number of aromatic amines is 1. The Kier molecular flexibility index (Phi) is 3.27. The van der Waals surface area contributed by atoms with E-state index in [4.69, 9.17) is 4.74 Å². The van der Waals surface area contributed by atoms with Gasteiger partial charge in [-0.15, -0.1) is 0 Å². The van der Waals surface area contributed by atoms with Gasteiger partial charge in [-0.3, -0.25) is 0 Å². The number of rotatable bonds is 4. The molecule has 0 amide bonds. The van der Waals surface area contributed by atoms with Gasteiger partial charge in [-0.05, 0) is 12.1 Å². The first kappa shape index (κ1) is 13.1. The van der Waals surface area contributed by atoms with E-state index in [0.717, 1.165) is 11.2 Å². The molecule has 0 radical (unpaired) electrons. The van der Waals surface area contributed by atoms with Gasteiger partial charge in [0.05, 0.1) is 19.0 Å². The van der Waals surface area contributed by atoms with Crippen molar-refractivity contribution in [1.82, 2.24) is 9.97 Å². The zero-order valence-corrected chi connectivity index (χ0v) is 11.4. The second kappa shape index (κ2) is 5.24. The lowest BCUT2D eigenvalue weighted by Gasteiger charge is -2.11. The second-order valence-electron chi connectivity index (χ2n) is 4.62. The van der Waals surface area contributed by atoms with Crippen molar-refractivity contribution in [3.8, 4) is 17.2 Å². The number of hydrogen-bond acceptors (Lipinski definition) is 5. The summed E-state index contributed by atoms with van der Waals surface area (Å²) in [6, 6.07) is 8.76. The van der Waals surface area contributed by atoms with Gasteiger partial charge < -0.3 is 25.3 Å². The summed E-state index contributed by atoms with van der Waals surface area (Å²) in [7, 11) is 1.51. The number of hydrogen-bond donors (Lipinski definition) is 4. The van der Waals surface area contributed by atoms with E-state index in [1.165, 1.54) is 13.4 Å². The molecule has 0 aliphatic rings. The van der Waals surface area contributed by atoms with Gasteiger partial charge in [-0.25, -0.2) is 4.98 Å². The highest BCUT2D eigenvalue weighted by Crippen LogP contribution is 2.31. The van der Waals surface area contributed by atoms with Gasteiger partial charge in [0.25, 0.3) is 0 Å². The Morgan fingerprint density at radius 1 is 1.29 bits per heavy atom. The molecule has 3 rings (SSSR count). The number of H-pyrrole nitrogens is 1. The largest absolute Gasteiger partial charge is 0.506 e. The fourth-order valence-corrected chi connectivity index (χ4v) is 2.21. The maximum absolute atomic E-state index is 10.0. The van der Waals surface area contributed by atoms with Crippen molar-refractivity contribution in [2.45, 2.75) is 6.54 Å². The molecule has 0 unspecified atom stereocenters. The third-order valence-corrected chi connectivity index (χ3v) is 3.29. The van der Waals surface area contributed by atoms with E-state index >= 15 is 0 Å². The van der Waals surface area contributed by atoms with Crippen LogP contribution in [0.25, 0.3) is 11.0 Å². The van der Waals surface area contributed by atoms with Crippen molar-refractivity contribution in [3.63, 3.8) is 0 Å². The third kappa shape index (κ3) is 2.43. The summed E-state index contributed by atoms with van der Waals surface area (Å²) in [6.07, 6.45) is 1.53. The summed E-state index contributed by atoms with van der Waals surface area (Å²) in [6.45, 7) is 0.405. The highest BCUT2D eigenvalue weighted by Gasteiger charge is 2.08. The first-order valence-corrected chi connectivity index (χ1v) is 6.44. The molecule has 6 nitrogen and oxygen atoms in total. The van der Waals surface area contributed by atoms with Crippen LogP contribution in [-0.4, -0.2) is 27.3 Å². The Hall–Kier alpha value is -2.89. The summed E-state index contributed by atoms with van der Waals surface area (Å²) >= 11 is 0. The Morgan fingerprint density at radius 3 is 2.95 bits per heavy atom.